The van der Waals surface area contributed by atoms with Gasteiger partial charge in [0, 0.05) is 36.1 Å². The van der Waals surface area contributed by atoms with Gasteiger partial charge < -0.3 is 5.32 Å². The molecule has 0 radical (unpaired) electrons. The molecule has 7 nitrogen and oxygen atoms in total. The maximum absolute atomic E-state index is 14.4. The van der Waals surface area contributed by atoms with Gasteiger partial charge in [-0.3, -0.25) is 9.69 Å². The molecule has 2 aromatic carbocycles. The molecule has 0 spiro atoms. The fraction of sp³-hybridized carbons (Fsp3) is 0.333. The number of piperidine rings is 1. The van der Waals surface area contributed by atoms with Crippen LogP contribution in [-0.2, 0) is 11.3 Å². The van der Waals surface area contributed by atoms with E-state index in [-0.39, 0.29) is 17.7 Å². The number of hydrogen-bond donors (Lipinski definition) is 2. The average molecular weight is 495 g/mol. The molecule has 168 valence electrons. The topological polar surface area (TPSA) is 86.8 Å². The Labute approximate surface area is 199 Å². The van der Waals surface area contributed by atoms with E-state index < -0.39 is 5.82 Å². The van der Waals surface area contributed by atoms with Crippen molar-refractivity contribution in [3.8, 4) is 11.4 Å². The summed E-state index contributed by atoms with van der Waals surface area (Å²) in [5.74, 6) is -0.0360. The van der Waals surface area contributed by atoms with Gasteiger partial charge in [0.15, 0.2) is 0 Å². The predicted octanol–water partition coefficient (Wildman–Crippen LogP) is 4.19. The number of aromatic nitrogens is 4. The first-order valence-corrected chi connectivity index (χ1v) is 11.8. The molecule has 1 aliphatic heterocycles. The summed E-state index contributed by atoms with van der Waals surface area (Å²) in [6.07, 6.45) is 1.73. The number of tetrazole rings is 1. The molecule has 0 atom stereocenters. The Morgan fingerprint density at radius 2 is 2.00 bits per heavy atom. The monoisotopic (exact) mass is 494 g/mol. The first-order valence-electron chi connectivity index (χ1n) is 10.1. The van der Waals surface area contributed by atoms with Crippen LogP contribution in [-0.4, -0.2) is 56.3 Å². The number of nitrogens with one attached hydrogen (secondary N) is 2. The number of rotatable bonds is 7. The van der Waals surface area contributed by atoms with Gasteiger partial charge in [0.05, 0.1) is 15.8 Å². The Kier molecular flexibility index (Phi) is 7.62. The summed E-state index contributed by atoms with van der Waals surface area (Å²) in [7, 11) is 0. The molecular formula is C21H21Cl2FN6OS. The molecule has 11 heteroatoms. The van der Waals surface area contributed by atoms with Crippen LogP contribution in [0.3, 0.4) is 0 Å². The molecule has 32 heavy (non-hydrogen) atoms. The first kappa shape index (κ1) is 23.0. The molecule has 0 aliphatic carbocycles. The summed E-state index contributed by atoms with van der Waals surface area (Å²) in [5, 5.41) is 17.6. The van der Waals surface area contributed by atoms with Crippen molar-refractivity contribution in [1.29, 1.82) is 0 Å². The van der Waals surface area contributed by atoms with Gasteiger partial charge in [-0.25, -0.2) is 4.39 Å². The van der Waals surface area contributed by atoms with E-state index in [0.29, 0.717) is 26.3 Å². The van der Waals surface area contributed by atoms with Gasteiger partial charge in [0.1, 0.15) is 5.82 Å². The maximum Gasteiger partial charge on any atom is 0.230 e. The number of H-pyrrole nitrogens is 1. The molecule has 1 amide bonds. The van der Waals surface area contributed by atoms with E-state index in [1.807, 2.05) is 18.2 Å². The zero-order valence-electron chi connectivity index (χ0n) is 17.0. The molecule has 0 bridgehead atoms. The van der Waals surface area contributed by atoms with Crippen LogP contribution in [0.4, 0.5) is 4.39 Å². The van der Waals surface area contributed by atoms with Gasteiger partial charge in [0.25, 0.3) is 0 Å². The van der Waals surface area contributed by atoms with Crippen LogP contribution in [0.25, 0.3) is 11.4 Å². The highest BCUT2D eigenvalue weighted by molar-refractivity contribution is 8.00. The standard InChI is InChI=1S/C21H21Cl2FN6OS/c22-16-3-1-13(9-17(16)23)11-30-7-5-15(6-8-30)25-20(31)12-32-19-4-2-14(10-18(19)24)21-26-28-29-27-21/h1-4,9-10,15H,5-8,11-12H2,(H,25,31)(H,26,27,28,29). The van der Waals surface area contributed by atoms with Gasteiger partial charge in [-0.05, 0) is 54.0 Å². The summed E-state index contributed by atoms with van der Waals surface area (Å²) < 4.78 is 14.4. The smallest absolute Gasteiger partial charge is 0.230 e. The van der Waals surface area contributed by atoms with Crippen LogP contribution in [0.5, 0.6) is 0 Å². The van der Waals surface area contributed by atoms with E-state index in [1.54, 1.807) is 12.1 Å². The molecule has 0 unspecified atom stereocenters. The number of carbonyl (C=O) groups is 1. The van der Waals surface area contributed by atoms with E-state index in [4.69, 9.17) is 23.2 Å². The zero-order valence-corrected chi connectivity index (χ0v) is 19.4. The number of nitrogens with zero attached hydrogens (tertiary/aromatic N) is 4. The van der Waals surface area contributed by atoms with Gasteiger partial charge in [0.2, 0.25) is 11.7 Å². The Morgan fingerprint density at radius 1 is 1.19 bits per heavy atom. The molecule has 2 heterocycles. The number of halogens is 3. The van der Waals surface area contributed by atoms with Crippen molar-refractivity contribution in [3.63, 3.8) is 0 Å². The second kappa shape index (κ2) is 10.6. The van der Waals surface area contributed by atoms with E-state index in [0.717, 1.165) is 38.0 Å². The minimum atomic E-state index is -0.416. The summed E-state index contributed by atoms with van der Waals surface area (Å²) in [4.78, 5) is 15.1. The molecule has 1 aliphatic rings. The largest absolute Gasteiger partial charge is 0.353 e. The number of thioether (sulfide) groups is 1. The normalized spacial score (nSPS) is 15.1. The molecule has 0 saturated carbocycles. The van der Waals surface area contributed by atoms with Gasteiger partial charge in [-0.1, -0.05) is 29.3 Å². The van der Waals surface area contributed by atoms with E-state index >= 15 is 0 Å². The van der Waals surface area contributed by atoms with Gasteiger partial charge in [-0.2, -0.15) is 5.21 Å². The third kappa shape index (κ3) is 5.98. The highest BCUT2D eigenvalue weighted by Crippen LogP contribution is 2.26. The third-order valence-electron chi connectivity index (χ3n) is 5.24. The van der Waals surface area contributed by atoms with Crippen molar-refractivity contribution >= 4 is 40.9 Å². The third-order valence-corrected chi connectivity index (χ3v) is 7.02. The molecule has 1 saturated heterocycles. The molecule has 2 N–H and O–H groups in total. The predicted molar refractivity (Wildman–Crippen MR) is 123 cm³/mol. The first-order chi connectivity index (χ1) is 15.5. The van der Waals surface area contributed by atoms with Crippen molar-refractivity contribution in [1.82, 2.24) is 30.8 Å². The Balaban J connectivity index is 1.21. The van der Waals surface area contributed by atoms with Crippen LogP contribution < -0.4 is 5.32 Å². The minimum Gasteiger partial charge on any atom is -0.353 e. The SMILES string of the molecule is O=C(CSc1ccc(-c2nn[nH]n2)cc1F)NC1CCN(Cc2ccc(Cl)c(Cl)c2)CC1. The van der Waals surface area contributed by atoms with Crippen LogP contribution in [0.2, 0.25) is 10.0 Å². The summed E-state index contributed by atoms with van der Waals surface area (Å²) in [6, 6.07) is 10.5. The van der Waals surface area contributed by atoms with Crippen molar-refractivity contribution < 1.29 is 9.18 Å². The second-order valence-corrected chi connectivity index (χ2v) is 9.37. The molecule has 3 aromatic rings. The molecule has 1 fully saturated rings. The van der Waals surface area contributed by atoms with E-state index in [2.05, 4.69) is 30.8 Å². The Morgan fingerprint density at radius 3 is 2.69 bits per heavy atom. The van der Waals surface area contributed by atoms with Crippen molar-refractivity contribution in [2.75, 3.05) is 18.8 Å². The lowest BCUT2D eigenvalue weighted by molar-refractivity contribution is -0.119. The average Bonchev–Trinajstić information content (AvgIpc) is 3.32. The fourth-order valence-electron chi connectivity index (χ4n) is 3.59. The van der Waals surface area contributed by atoms with E-state index in [1.165, 1.54) is 17.8 Å². The van der Waals surface area contributed by atoms with Gasteiger partial charge in [-0.15, -0.1) is 22.0 Å². The number of benzene rings is 2. The van der Waals surface area contributed by atoms with Crippen LogP contribution in [0.15, 0.2) is 41.3 Å². The lowest BCUT2D eigenvalue weighted by atomic mass is 10.0. The highest BCUT2D eigenvalue weighted by Gasteiger charge is 2.21. The fourth-order valence-corrected chi connectivity index (χ4v) is 4.64. The lowest BCUT2D eigenvalue weighted by Gasteiger charge is -2.32. The van der Waals surface area contributed by atoms with Crippen molar-refractivity contribution in [2.45, 2.75) is 30.3 Å². The number of hydrogen-bond acceptors (Lipinski definition) is 6. The Hall–Kier alpha value is -2.20. The number of amides is 1. The summed E-state index contributed by atoms with van der Waals surface area (Å²) >= 11 is 13.2. The zero-order chi connectivity index (χ0) is 22.5. The maximum atomic E-state index is 14.4. The highest BCUT2D eigenvalue weighted by atomic mass is 35.5. The summed E-state index contributed by atoms with van der Waals surface area (Å²) in [6.45, 7) is 2.56. The molecular weight excluding hydrogens is 474 g/mol. The van der Waals surface area contributed by atoms with Crippen molar-refractivity contribution in [2.24, 2.45) is 0 Å². The number of carbonyl (C=O) groups excluding carboxylic acids is 1. The number of likely N-dealkylation sites (tertiary alicyclic amines) is 1. The van der Waals surface area contributed by atoms with Gasteiger partial charge >= 0.3 is 0 Å². The van der Waals surface area contributed by atoms with E-state index in [9.17, 15) is 9.18 Å². The van der Waals surface area contributed by atoms with Crippen LogP contribution >= 0.6 is 35.0 Å². The lowest BCUT2D eigenvalue weighted by Crippen LogP contribution is -2.44. The summed E-state index contributed by atoms with van der Waals surface area (Å²) in [5.41, 5.74) is 1.64. The second-order valence-electron chi connectivity index (χ2n) is 7.54. The molecule has 1 aromatic heterocycles. The van der Waals surface area contributed by atoms with Crippen molar-refractivity contribution in [3.05, 3.63) is 57.8 Å². The van der Waals surface area contributed by atoms with Crippen LogP contribution in [0, 0.1) is 5.82 Å². The Bertz CT molecular complexity index is 1080. The molecule has 4 rings (SSSR count). The van der Waals surface area contributed by atoms with Crippen LogP contribution in [0.1, 0.15) is 18.4 Å². The quantitative estimate of drug-likeness (QED) is 0.479. The number of aromatic amines is 1. The minimum absolute atomic E-state index is 0.0976.